The van der Waals surface area contributed by atoms with Crippen LogP contribution in [0.3, 0.4) is 0 Å². The molecule has 1 amide bonds. The van der Waals surface area contributed by atoms with Crippen LogP contribution in [-0.4, -0.2) is 10.9 Å². The number of hydrogen-bond acceptors (Lipinski definition) is 2. The van der Waals surface area contributed by atoms with Gasteiger partial charge in [-0.3, -0.25) is 4.79 Å². The maximum Gasteiger partial charge on any atom is 0.258 e. The van der Waals surface area contributed by atoms with Crippen LogP contribution in [0.2, 0.25) is 0 Å². The number of carbonyl (C=O) groups is 1. The van der Waals surface area contributed by atoms with Gasteiger partial charge in [-0.15, -0.1) is 0 Å². The molecule has 0 atom stereocenters. The Morgan fingerprint density at radius 1 is 1.26 bits per heavy atom. The zero-order valence-corrected chi connectivity index (χ0v) is 12.1. The molecule has 1 aromatic carbocycles. The van der Waals surface area contributed by atoms with Crippen molar-refractivity contribution in [2.24, 2.45) is 0 Å². The number of pyridine rings is 1. The van der Waals surface area contributed by atoms with E-state index in [9.17, 15) is 9.18 Å². The zero-order valence-electron chi connectivity index (χ0n) is 10.5. The van der Waals surface area contributed by atoms with E-state index in [1.807, 2.05) is 19.9 Å². The first-order chi connectivity index (χ1) is 8.95. The number of amides is 1. The Bertz CT molecular complexity index is 623. The smallest absolute Gasteiger partial charge is 0.258 e. The van der Waals surface area contributed by atoms with Gasteiger partial charge in [-0.2, -0.15) is 0 Å². The molecule has 0 saturated carbocycles. The number of benzene rings is 1. The molecular weight excluding hydrogens is 311 g/mol. The molecular formula is C14H12BrFN2O. The van der Waals surface area contributed by atoms with Gasteiger partial charge in [-0.25, -0.2) is 9.37 Å². The van der Waals surface area contributed by atoms with Crippen molar-refractivity contribution >= 4 is 27.7 Å². The summed E-state index contributed by atoms with van der Waals surface area (Å²) in [6, 6.07) is 7.64. The van der Waals surface area contributed by atoms with Crippen LogP contribution < -0.4 is 5.32 Å². The third-order valence-electron chi connectivity index (χ3n) is 2.51. The molecule has 19 heavy (non-hydrogen) atoms. The lowest BCUT2D eigenvalue weighted by Gasteiger charge is -2.08. The quantitative estimate of drug-likeness (QED) is 0.912. The van der Waals surface area contributed by atoms with Gasteiger partial charge in [-0.05, 0) is 65.7 Å². The van der Waals surface area contributed by atoms with E-state index in [2.05, 4.69) is 26.2 Å². The van der Waals surface area contributed by atoms with Crippen LogP contribution in [-0.2, 0) is 0 Å². The molecule has 98 valence electrons. The van der Waals surface area contributed by atoms with Crippen molar-refractivity contribution in [2.75, 3.05) is 5.32 Å². The van der Waals surface area contributed by atoms with E-state index >= 15 is 0 Å². The minimum absolute atomic E-state index is 0.237. The topological polar surface area (TPSA) is 42.0 Å². The molecule has 0 aliphatic carbocycles. The number of aromatic nitrogens is 1. The first-order valence-corrected chi connectivity index (χ1v) is 6.47. The number of rotatable bonds is 2. The number of nitrogens with zero attached hydrogens (tertiary/aromatic N) is 1. The summed E-state index contributed by atoms with van der Waals surface area (Å²) in [4.78, 5) is 16.3. The number of aryl methyl sites for hydroxylation is 2. The highest BCUT2D eigenvalue weighted by Gasteiger charge is 2.12. The largest absolute Gasteiger partial charge is 0.307 e. The number of nitrogens with one attached hydrogen (secondary N) is 1. The van der Waals surface area contributed by atoms with Gasteiger partial charge in [0.25, 0.3) is 5.91 Å². The predicted octanol–water partition coefficient (Wildman–Crippen LogP) is 3.85. The van der Waals surface area contributed by atoms with Crippen LogP contribution in [0.25, 0.3) is 0 Å². The molecule has 0 bridgehead atoms. The van der Waals surface area contributed by atoms with Gasteiger partial charge in [0.15, 0.2) is 0 Å². The second-order valence-corrected chi connectivity index (χ2v) is 5.10. The van der Waals surface area contributed by atoms with Crippen LogP contribution >= 0.6 is 15.9 Å². The second-order valence-electron chi connectivity index (χ2n) is 4.25. The summed E-state index contributed by atoms with van der Waals surface area (Å²) in [6.07, 6.45) is 0. The molecule has 0 radical (unpaired) electrons. The van der Waals surface area contributed by atoms with Crippen molar-refractivity contribution in [1.82, 2.24) is 4.98 Å². The first-order valence-electron chi connectivity index (χ1n) is 5.67. The third kappa shape index (κ3) is 3.38. The van der Waals surface area contributed by atoms with Crippen LogP contribution in [0.15, 0.2) is 34.8 Å². The van der Waals surface area contributed by atoms with Crippen molar-refractivity contribution < 1.29 is 9.18 Å². The van der Waals surface area contributed by atoms with Gasteiger partial charge in [0.05, 0.1) is 5.56 Å². The average molecular weight is 323 g/mol. The molecule has 0 aliphatic rings. The van der Waals surface area contributed by atoms with Gasteiger partial charge >= 0.3 is 0 Å². The zero-order chi connectivity index (χ0) is 14.0. The van der Waals surface area contributed by atoms with Gasteiger partial charge in [0, 0.05) is 10.2 Å². The molecule has 0 unspecified atom stereocenters. The Hall–Kier alpha value is -1.75. The number of halogens is 2. The normalized spacial score (nSPS) is 10.3. The monoisotopic (exact) mass is 322 g/mol. The van der Waals surface area contributed by atoms with Crippen LogP contribution in [0.5, 0.6) is 0 Å². The molecule has 0 spiro atoms. The Morgan fingerprint density at radius 3 is 2.68 bits per heavy atom. The lowest BCUT2D eigenvalue weighted by atomic mass is 10.2. The summed E-state index contributed by atoms with van der Waals surface area (Å²) in [7, 11) is 0. The molecule has 5 heteroatoms. The van der Waals surface area contributed by atoms with Crippen molar-refractivity contribution in [2.45, 2.75) is 13.8 Å². The van der Waals surface area contributed by atoms with E-state index in [1.54, 1.807) is 6.07 Å². The fraction of sp³-hybridized carbons (Fsp3) is 0.143. The SMILES string of the molecule is Cc1cc(C)nc(NC(=O)c2cc(F)ccc2Br)c1. The predicted molar refractivity (Wildman–Crippen MR) is 75.8 cm³/mol. The highest BCUT2D eigenvalue weighted by atomic mass is 79.9. The van der Waals surface area contributed by atoms with E-state index < -0.39 is 11.7 Å². The number of hydrogen-bond donors (Lipinski definition) is 1. The van der Waals surface area contributed by atoms with Gasteiger partial charge in [-0.1, -0.05) is 0 Å². The molecule has 1 aromatic heterocycles. The van der Waals surface area contributed by atoms with Gasteiger partial charge in [0.2, 0.25) is 0 Å². The summed E-state index contributed by atoms with van der Waals surface area (Å²) in [6.45, 7) is 3.77. The standard InChI is InChI=1S/C14H12BrFN2O/c1-8-5-9(2)17-13(6-8)18-14(19)11-7-10(16)3-4-12(11)15/h3-7H,1-2H3,(H,17,18,19). The molecule has 3 nitrogen and oxygen atoms in total. The van der Waals surface area contributed by atoms with E-state index in [0.29, 0.717) is 10.3 Å². The Labute approximate surface area is 119 Å². The minimum atomic E-state index is -0.457. The van der Waals surface area contributed by atoms with Crippen LogP contribution in [0.1, 0.15) is 21.6 Å². The number of carbonyl (C=O) groups excluding carboxylic acids is 1. The number of anilines is 1. The average Bonchev–Trinajstić information content (AvgIpc) is 2.30. The highest BCUT2D eigenvalue weighted by molar-refractivity contribution is 9.10. The van der Waals surface area contributed by atoms with Crippen LogP contribution in [0, 0.1) is 19.7 Å². The second kappa shape index (κ2) is 5.48. The van der Waals surface area contributed by atoms with E-state index in [4.69, 9.17) is 0 Å². The minimum Gasteiger partial charge on any atom is -0.307 e. The lowest BCUT2D eigenvalue weighted by molar-refractivity contribution is 0.102. The summed E-state index contributed by atoms with van der Waals surface area (Å²) in [5, 5.41) is 2.66. The fourth-order valence-electron chi connectivity index (χ4n) is 1.76. The molecule has 0 fully saturated rings. The Balaban J connectivity index is 2.28. The maximum atomic E-state index is 13.2. The fourth-order valence-corrected chi connectivity index (χ4v) is 2.19. The van der Waals surface area contributed by atoms with Crippen molar-refractivity contribution in [3.05, 3.63) is 57.4 Å². The van der Waals surface area contributed by atoms with E-state index in [0.717, 1.165) is 11.3 Å². The highest BCUT2D eigenvalue weighted by Crippen LogP contribution is 2.19. The van der Waals surface area contributed by atoms with Crippen LogP contribution in [0.4, 0.5) is 10.2 Å². The van der Waals surface area contributed by atoms with E-state index in [1.165, 1.54) is 18.2 Å². The molecule has 2 rings (SSSR count). The molecule has 1 heterocycles. The molecule has 0 aliphatic heterocycles. The first kappa shape index (κ1) is 13.7. The Kier molecular flexibility index (Phi) is 3.95. The molecule has 2 aromatic rings. The maximum absolute atomic E-state index is 13.2. The molecule has 1 N–H and O–H groups in total. The lowest BCUT2D eigenvalue weighted by Crippen LogP contribution is -2.14. The summed E-state index contributed by atoms with van der Waals surface area (Å²) in [5.74, 6) is -0.399. The summed E-state index contributed by atoms with van der Waals surface area (Å²) in [5.41, 5.74) is 2.05. The van der Waals surface area contributed by atoms with Crippen molar-refractivity contribution in [1.29, 1.82) is 0 Å². The summed E-state index contributed by atoms with van der Waals surface area (Å²) < 4.78 is 13.7. The summed E-state index contributed by atoms with van der Waals surface area (Å²) >= 11 is 3.23. The Morgan fingerprint density at radius 2 is 2.00 bits per heavy atom. The van der Waals surface area contributed by atoms with Gasteiger partial charge < -0.3 is 5.32 Å². The van der Waals surface area contributed by atoms with Crippen molar-refractivity contribution in [3.8, 4) is 0 Å². The third-order valence-corrected chi connectivity index (χ3v) is 3.20. The van der Waals surface area contributed by atoms with E-state index in [-0.39, 0.29) is 5.56 Å². The molecule has 0 saturated heterocycles. The van der Waals surface area contributed by atoms with Crippen molar-refractivity contribution in [3.63, 3.8) is 0 Å². The van der Waals surface area contributed by atoms with Gasteiger partial charge in [0.1, 0.15) is 11.6 Å².